The van der Waals surface area contributed by atoms with Crippen molar-refractivity contribution >= 4 is 17.3 Å². The molecule has 4 nitrogen and oxygen atoms in total. The van der Waals surface area contributed by atoms with Gasteiger partial charge in [0, 0.05) is 29.5 Å². The summed E-state index contributed by atoms with van der Waals surface area (Å²) in [7, 11) is 0. The van der Waals surface area contributed by atoms with E-state index in [4.69, 9.17) is 11.5 Å². The Morgan fingerprint density at radius 1 is 1.28 bits per heavy atom. The Labute approximate surface area is 108 Å². The van der Waals surface area contributed by atoms with Crippen LogP contribution < -0.4 is 11.5 Å². The number of nitrogen functional groups attached to an aromatic ring is 2. The van der Waals surface area contributed by atoms with Gasteiger partial charge in [0.15, 0.2) is 0 Å². The zero-order valence-electron chi connectivity index (χ0n) is 10.9. The zero-order valence-corrected chi connectivity index (χ0v) is 10.9. The van der Waals surface area contributed by atoms with Crippen LogP contribution in [-0.4, -0.2) is 23.4 Å². The summed E-state index contributed by atoms with van der Waals surface area (Å²) in [5.74, 6) is 0.0561. The van der Waals surface area contributed by atoms with Crippen molar-refractivity contribution in [3.05, 3.63) is 23.8 Å². The number of likely N-dealkylation sites (tertiary alicyclic amines) is 1. The number of rotatable bonds is 2. The first-order chi connectivity index (χ1) is 8.61. The van der Waals surface area contributed by atoms with E-state index < -0.39 is 0 Å². The summed E-state index contributed by atoms with van der Waals surface area (Å²) in [6.45, 7) is 2.97. The van der Waals surface area contributed by atoms with Gasteiger partial charge >= 0.3 is 0 Å². The van der Waals surface area contributed by atoms with Gasteiger partial charge in [-0.05, 0) is 43.9 Å². The van der Waals surface area contributed by atoms with Crippen molar-refractivity contribution in [1.82, 2.24) is 4.90 Å². The van der Waals surface area contributed by atoms with Gasteiger partial charge in [-0.25, -0.2) is 0 Å². The van der Waals surface area contributed by atoms with Crippen LogP contribution in [0.15, 0.2) is 18.2 Å². The second-order valence-corrected chi connectivity index (χ2v) is 4.94. The maximum Gasteiger partial charge on any atom is 0.254 e. The molecule has 0 bridgehead atoms. The zero-order chi connectivity index (χ0) is 13.1. The van der Waals surface area contributed by atoms with Gasteiger partial charge in [0.1, 0.15) is 0 Å². The Bertz CT molecular complexity index is 424. The first-order valence-electron chi connectivity index (χ1n) is 6.59. The summed E-state index contributed by atoms with van der Waals surface area (Å²) in [4.78, 5) is 14.5. The van der Waals surface area contributed by atoms with Crippen LogP contribution in [0.5, 0.6) is 0 Å². The molecule has 0 spiro atoms. The highest BCUT2D eigenvalue weighted by Gasteiger charge is 2.26. The van der Waals surface area contributed by atoms with Crippen molar-refractivity contribution in [2.75, 3.05) is 18.0 Å². The molecule has 4 heteroatoms. The molecule has 1 fully saturated rings. The molecule has 0 aromatic heterocycles. The van der Waals surface area contributed by atoms with Crippen LogP contribution in [0.25, 0.3) is 0 Å². The van der Waals surface area contributed by atoms with E-state index in [0.29, 0.717) is 23.0 Å². The summed E-state index contributed by atoms with van der Waals surface area (Å²) in [5, 5.41) is 0. The molecule has 98 valence electrons. The predicted octanol–water partition coefficient (Wildman–Crippen LogP) is 2.26. The van der Waals surface area contributed by atoms with Gasteiger partial charge in [-0.1, -0.05) is 6.92 Å². The average molecular weight is 247 g/mol. The molecule has 1 saturated heterocycles. The van der Waals surface area contributed by atoms with Crippen molar-refractivity contribution in [3.63, 3.8) is 0 Å². The van der Waals surface area contributed by atoms with Crippen LogP contribution >= 0.6 is 0 Å². The molecule has 4 N–H and O–H groups in total. The average Bonchev–Trinajstić information content (AvgIpc) is 2.36. The van der Waals surface area contributed by atoms with Crippen molar-refractivity contribution in [2.45, 2.75) is 38.6 Å². The maximum atomic E-state index is 12.5. The van der Waals surface area contributed by atoms with Gasteiger partial charge in [-0.15, -0.1) is 0 Å². The van der Waals surface area contributed by atoms with Gasteiger partial charge in [-0.2, -0.15) is 0 Å². The summed E-state index contributed by atoms with van der Waals surface area (Å²) in [6.07, 6.45) is 4.39. The Kier molecular flexibility index (Phi) is 3.75. The van der Waals surface area contributed by atoms with Crippen LogP contribution in [0.3, 0.4) is 0 Å². The monoisotopic (exact) mass is 247 g/mol. The number of nitrogens with zero attached hydrogens (tertiary/aromatic N) is 1. The number of anilines is 2. The maximum absolute atomic E-state index is 12.5. The van der Waals surface area contributed by atoms with Crippen molar-refractivity contribution < 1.29 is 4.79 Å². The van der Waals surface area contributed by atoms with Crippen molar-refractivity contribution in [3.8, 4) is 0 Å². The van der Waals surface area contributed by atoms with Crippen LogP contribution in [-0.2, 0) is 0 Å². The molecule has 0 aliphatic carbocycles. The van der Waals surface area contributed by atoms with E-state index in [0.717, 1.165) is 25.8 Å². The Morgan fingerprint density at radius 3 is 2.56 bits per heavy atom. The number of amides is 1. The quantitative estimate of drug-likeness (QED) is 0.787. The Hall–Kier alpha value is -1.71. The number of carbonyl (C=O) groups is 1. The van der Waals surface area contributed by atoms with Crippen LogP contribution in [0.1, 0.15) is 43.0 Å². The fourth-order valence-corrected chi connectivity index (χ4v) is 2.66. The third kappa shape index (κ3) is 2.58. The molecule has 1 atom stereocenters. The molecule has 1 aliphatic rings. The number of piperidine rings is 1. The number of hydrogen-bond donors (Lipinski definition) is 2. The normalized spacial score (nSPS) is 19.8. The molecule has 18 heavy (non-hydrogen) atoms. The van der Waals surface area contributed by atoms with E-state index >= 15 is 0 Å². The number of carbonyl (C=O) groups excluding carboxylic acids is 1. The molecule has 1 aliphatic heterocycles. The topological polar surface area (TPSA) is 72.3 Å². The molecular weight excluding hydrogens is 226 g/mol. The van der Waals surface area contributed by atoms with Gasteiger partial charge < -0.3 is 16.4 Å². The highest BCUT2D eigenvalue weighted by Crippen LogP contribution is 2.23. The number of nitrogens with two attached hydrogens (primary N) is 2. The van der Waals surface area contributed by atoms with Gasteiger partial charge in [0.05, 0.1) is 0 Å². The number of hydrogen-bond acceptors (Lipinski definition) is 3. The van der Waals surface area contributed by atoms with Gasteiger partial charge in [0.2, 0.25) is 0 Å². The van der Waals surface area contributed by atoms with Crippen LogP contribution in [0.2, 0.25) is 0 Å². The predicted molar refractivity (Wildman–Crippen MR) is 74.2 cm³/mol. The summed E-state index contributed by atoms with van der Waals surface area (Å²) in [5.41, 5.74) is 13.2. The molecule has 1 amide bonds. The number of benzene rings is 1. The highest BCUT2D eigenvalue weighted by atomic mass is 16.2. The molecule has 1 aromatic rings. The van der Waals surface area contributed by atoms with E-state index in [9.17, 15) is 4.79 Å². The van der Waals surface area contributed by atoms with Crippen LogP contribution in [0, 0.1) is 0 Å². The fraction of sp³-hybridized carbons (Fsp3) is 0.500. The van der Waals surface area contributed by atoms with Gasteiger partial charge in [-0.3, -0.25) is 4.79 Å². The summed E-state index contributed by atoms with van der Waals surface area (Å²) in [6, 6.07) is 5.44. The lowest BCUT2D eigenvalue weighted by Crippen LogP contribution is -2.43. The minimum absolute atomic E-state index is 0.0561. The summed E-state index contributed by atoms with van der Waals surface area (Å²) >= 11 is 0. The lowest BCUT2D eigenvalue weighted by molar-refractivity contribution is 0.0608. The summed E-state index contributed by atoms with van der Waals surface area (Å²) < 4.78 is 0. The van der Waals surface area contributed by atoms with Crippen molar-refractivity contribution in [1.29, 1.82) is 0 Å². The van der Waals surface area contributed by atoms with Gasteiger partial charge in [0.25, 0.3) is 5.91 Å². The molecule has 1 unspecified atom stereocenters. The minimum atomic E-state index is 0.0561. The molecule has 0 saturated carbocycles. The smallest absolute Gasteiger partial charge is 0.254 e. The minimum Gasteiger partial charge on any atom is -0.399 e. The molecule has 2 rings (SSSR count). The van der Waals surface area contributed by atoms with Crippen molar-refractivity contribution in [2.24, 2.45) is 0 Å². The highest BCUT2D eigenvalue weighted by molar-refractivity contribution is 5.96. The third-order valence-corrected chi connectivity index (χ3v) is 3.58. The van der Waals surface area contributed by atoms with E-state index in [1.165, 1.54) is 6.42 Å². The second kappa shape index (κ2) is 5.29. The molecule has 0 radical (unpaired) electrons. The third-order valence-electron chi connectivity index (χ3n) is 3.58. The van der Waals surface area contributed by atoms with E-state index in [1.54, 1.807) is 18.2 Å². The van der Waals surface area contributed by atoms with E-state index in [-0.39, 0.29) is 5.91 Å². The molecular formula is C14H21N3O. The van der Waals surface area contributed by atoms with E-state index in [1.807, 2.05) is 4.90 Å². The first-order valence-corrected chi connectivity index (χ1v) is 6.59. The Morgan fingerprint density at radius 2 is 1.94 bits per heavy atom. The Balaban J connectivity index is 2.23. The fourth-order valence-electron chi connectivity index (χ4n) is 2.66. The lowest BCUT2D eigenvalue weighted by Gasteiger charge is -2.35. The van der Waals surface area contributed by atoms with E-state index in [2.05, 4.69) is 6.92 Å². The second-order valence-electron chi connectivity index (χ2n) is 4.94. The SMILES string of the molecule is CCC1CCCCN1C(=O)c1cc(N)cc(N)c1. The van der Waals surface area contributed by atoms with Crippen LogP contribution in [0.4, 0.5) is 11.4 Å². The first kappa shape index (κ1) is 12.7. The molecule has 1 heterocycles. The largest absolute Gasteiger partial charge is 0.399 e. The standard InChI is InChI=1S/C14H21N3O/c1-2-13-5-3-4-6-17(13)14(18)10-7-11(15)9-12(16)8-10/h7-9,13H,2-6,15-16H2,1H3. The lowest BCUT2D eigenvalue weighted by atomic mass is 9.98. The molecule has 1 aromatic carbocycles.